The topological polar surface area (TPSA) is 51.8 Å². The van der Waals surface area contributed by atoms with Gasteiger partial charge < -0.3 is 4.42 Å². The van der Waals surface area contributed by atoms with Gasteiger partial charge >= 0.3 is 0 Å². The number of nitrogens with zero attached hydrogens (tertiary/aromatic N) is 3. The van der Waals surface area contributed by atoms with E-state index < -0.39 is 0 Å². The van der Waals surface area contributed by atoms with Gasteiger partial charge in [0.05, 0.1) is 5.56 Å². The fourth-order valence-corrected chi connectivity index (χ4v) is 6.30. The molecule has 2 aromatic heterocycles. The monoisotopic (exact) mass is 575 g/mol. The first kappa shape index (κ1) is 25.4. The van der Waals surface area contributed by atoms with Crippen molar-refractivity contribution in [2.24, 2.45) is 0 Å². The molecule has 0 radical (unpaired) electrons. The van der Waals surface area contributed by atoms with Gasteiger partial charge in [-0.3, -0.25) is 0 Å². The molecule has 4 nitrogen and oxygen atoms in total. The van der Waals surface area contributed by atoms with Crippen molar-refractivity contribution in [1.29, 1.82) is 0 Å². The molecule has 2 heterocycles. The Morgan fingerprint density at radius 3 is 1.91 bits per heavy atom. The summed E-state index contributed by atoms with van der Waals surface area (Å²) in [7, 11) is 0. The highest BCUT2D eigenvalue weighted by atomic mass is 16.3. The third-order valence-corrected chi connectivity index (χ3v) is 8.51. The third kappa shape index (κ3) is 4.35. The zero-order valence-electron chi connectivity index (χ0n) is 24.2. The van der Waals surface area contributed by atoms with Crippen molar-refractivity contribution in [2.45, 2.75) is 0 Å². The lowest BCUT2D eigenvalue weighted by Gasteiger charge is -2.11. The van der Waals surface area contributed by atoms with Crippen LogP contribution in [0.15, 0.2) is 156 Å². The van der Waals surface area contributed by atoms with Gasteiger partial charge in [-0.25, -0.2) is 15.0 Å². The average molecular weight is 576 g/mol. The molecule has 0 atom stereocenters. The summed E-state index contributed by atoms with van der Waals surface area (Å²) < 4.78 is 6.37. The predicted molar refractivity (Wildman–Crippen MR) is 184 cm³/mol. The minimum absolute atomic E-state index is 0.577. The number of hydrogen-bond donors (Lipinski definition) is 0. The molecule has 0 bridgehead atoms. The molecular formula is C41H25N3O. The second-order valence-corrected chi connectivity index (χ2v) is 11.3. The molecule has 7 aromatic carbocycles. The molecule has 210 valence electrons. The maximum atomic E-state index is 6.37. The van der Waals surface area contributed by atoms with E-state index in [4.69, 9.17) is 19.4 Å². The van der Waals surface area contributed by atoms with E-state index in [-0.39, 0.29) is 0 Å². The van der Waals surface area contributed by atoms with Gasteiger partial charge in [0.1, 0.15) is 11.2 Å². The van der Waals surface area contributed by atoms with Crippen LogP contribution in [0.1, 0.15) is 0 Å². The standard InChI is InChI=1S/C41H25N3O/c1-2-11-27(12-3-1)39-42-40(44-41(43-39)36-18-9-17-35-34-15-6-7-19-37(34)45-38(35)36)31-22-23-33-29(25-31)14-8-16-32(33)30-21-20-26-10-4-5-13-28(26)24-30/h1-25H. The molecule has 0 amide bonds. The van der Waals surface area contributed by atoms with Gasteiger partial charge in [0.25, 0.3) is 0 Å². The molecule has 0 fully saturated rings. The Hall–Kier alpha value is -6.13. The molecule has 0 saturated heterocycles. The van der Waals surface area contributed by atoms with Crippen LogP contribution in [0.4, 0.5) is 0 Å². The average Bonchev–Trinajstić information content (AvgIpc) is 3.50. The molecule has 0 unspecified atom stereocenters. The molecule has 0 aliphatic carbocycles. The Kier molecular flexibility index (Phi) is 5.78. The number of benzene rings is 7. The number of aromatic nitrogens is 3. The van der Waals surface area contributed by atoms with Gasteiger partial charge in [-0.15, -0.1) is 0 Å². The molecule has 0 N–H and O–H groups in total. The number of para-hydroxylation sites is 2. The van der Waals surface area contributed by atoms with Gasteiger partial charge in [-0.05, 0) is 56.9 Å². The lowest BCUT2D eigenvalue weighted by atomic mass is 9.95. The van der Waals surface area contributed by atoms with E-state index >= 15 is 0 Å². The summed E-state index contributed by atoms with van der Waals surface area (Å²) in [4.78, 5) is 15.0. The number of fused-ring (bicyclic) bond motifs is 5. The summed E-state index contributed by atoms with van der Waals surface area (Å²) in [5.74, 6) is 1.81. The molecule has 0 spiro atoms. The van der Waals surface area contributed by atoms with Gasteiger partial charge in [0.15, 0.2) is 17.5 Å². The molecule has 0 aliphatic heterocycles. The highest BCUT2D eigenvalue weighted by Gasteiger charge is 2.18. The van der Waals surface area contributed by atoms with E-state index in [0.717, 1.165) is 44.0 Å². The van der Waals surface area contributed by atoms with Crippen LogP contribution in [0.2, 0.25) is 0 Å². The second-order valence-electron chi connectivity index (χ2n) is 11.3. The normalized spacial score (nSPS) is 11.6. The Balaban J connectivity index is 1.22. The molecule has 0 aliphatic rings. The van der Waals surface area contributed by atoms with Gasteiger partial charge in [-0.1, -0.05) is 127 Å². The van der Waals surface area contributed by atoms with Crippen molar-refractivity contribution in [1.82, 2.24) is 15.0 Å². The van der Waals surface area contributed by atoms with Crippen LogP contribution in [0.3, 0.4) is 0 Å². The van der Waals surface area contributed by atoms with Crippen molar-refractivity contribution < 1.29 is 4.42 Å². The summed E-state index contributed by atoms with van der Waals surface area (Å²) in [6.07, 6.45) is 0. The summed E-state index contributed by atoms with van der Waals surface area (Å²) in [6.45, 7) is 0. The van der Waals surface area contributed by atoms with E-state index in [0.29, 0.717) is 17.5 Å². The fraction of sp³-hybridized carbons (Fsp3) is 0. The minimum Gasteiger partial charge on any atom is -0.455 e. The summed E-state index contributed by atoms with van der Waals surface area (Å²) >= 11 is 0. The van der Waals surface area contributed by atoms with Crippen LogP contribution in [0.25, 0.3) is 88.8 Å². The van der Waals surface area contributed by atoms with Gasteiger partial charge in [0, 0.05) is 21.9 Å². The molecule has 9 rings (SSSR count). The first-order valence-corrected chi connectivity index (χ1v) is 15.0. The Morgan fingerprint density at radius 1 is 0.356 bits per heavy atom. The smallest absolute Gasteiger partial charge is 0.167 e. The van der Waals surface area contributed by atoms with E-state index in [1.54, 1.807) is 0 Å². The van der Waals surface area contributed by atoms with Crippen molar-refractivity contribution in [2.75, 3.05) is 0 Å². The van der Waals surface area contributed by atoms with Gasteiger partial charge in [0.2, 0.25) is 0 Å². The van der Waals surface area contributed by atoms with Crippen LogP contribution in [-0.4, -0.2) is 15.0 Å². The summed E-state index contributed by atoms with van der Waals surface area (Å²) in [5.41, 5.74) is 6.70. The highest BCUT2D eigenvalue weighted by Crippen LogP contribution is 2.37. The quantitative estimate of drug-likeness (QED) is 0.209. The van der Waals surface area contributed by atoms with Crippen LogP contribution in [0, 0.1) is 0 Å². The molecule has 4 heteroatoms. The van der Waals surface area contributed by atoms with Crippen LogP contribution >= 0.6 is 0 Å². The van der Waals surface area contributed by atoms with Gasteiger partial charge in [-0.2, -0.15) is 0 Å². The summed E-state index contributed by atoms with van der Waals surface area (Å²) in [6, 6.07) is 52.4. The number of hydrogen-bond acceptors (Lipinski definition) is 4. The van der Waals surface area contributed by atoms with Crippen LogP contribution in [-0.2, 0) is 0 Å². The SMILES string of the molecule is c1ccc(-c2nc(-c3ccc4c(-c5ccc6ccccc6c5)cccc4c3)nc(-c3cccc4c3oc3ccccc34)n2)cc1. The molecular weight excluding hydrogens is 550 g/mol. The van der Waals surface area contributed by atoms with E-state index in [1.165, 1.54) is 27.3 Å². The minimum atomic E-state index is 0.577. The van der Waals surface area contributed by atoms with Crippen LogP contribution in [0.5, 0.6) is 0 Å². The number of rotatable bonds is 4. The zero-order chi connectivity index (χ0) is 29.7. The Labute approximate surface area is 259 Å². The summed E-state index contributed by atoms with van der Waals surface area (Å²) in [5, 5.41) is 6.89. The fourth-order valence-electron chi connectivity index (χ4n) is 6.30. The van der Waals surface area contributed by atoms with E-state index in [1.807, 2.05) is 60.7 Å². The lowest BCUT2D eigenvalue weighted by Crippen LogP contribution is -2.00. The van der Waals surface area contributed by atoms with Crippen molar-refractivity contribution in [3.05, 3.63) is 152 Å². The Bertz CT molecular complexity index is 2550. The maximum absolute atomic E-state index is 6.37. The lowest BCUT2D eigenvalue weighted by molar-refractivity contribution is 0.669. The second kappa shape index (κ2) is 10.2. The van der Waals surface area contributed by atoms with Crippen LogP contribution < -0.4 is 0 Å². The van der Waals surface area contributed by atoms with Crippen molar-refractivity contribution >= 4 is 43.5 Å². The van der Waals surface area contributed by atoms with E-state index in [2.05, 4.69) is 91.0 Å². The third-order valence-electron chi connectivity index (χ3n) is 8.51. The van der Waals surface area contributed by atoms with Crippen molar-refractivity contribution in [3.63, 3.8) is 0 Å². The first-order chi connectivity index (χ1) is 22.3. The maximum Gasteiger partial charge on any atom is 0.167 e. The highest BCUT2D eigenvalue weighted by molar-refractivity contribution is 6.09. The predicted octanol–water partition coefficient (Wildman–Crippen LogP) is 10.7. The first-order valence-electron chi connectivity index (χ1n) is 15.0. The van der Waals surface area contributed by atoms with Crippen molar-refractivity contribution in [3.8, 4) is 45.3 Å². The molecule has 9 aromatic rings. The number of furan rings is 1. The molecule has 0 saturated carbocycles. The largest absolute Gasteiger partial charge is 0.455 e. The van der Waals surface area contributed by atoms with E-state index in [9.17, 15) is 0 Å². The molecule has 45 heavy (non-hydrogen) atoms. The Morgan fingerprint density at radius 2 is 1.00 bits per heavy atom. The zero-order valence-corrected chi connectivity index (χ0v) is 24.2.